The molecule has 1 atom stereocenters. The summed E-state index contributed by atoms with van der Waals surface area (Å²) in [5.41, 5.74) is 5.25. The molecule has 2 N–H and O–H groups in total. The Labute approximate surface area is 70.0 Å². The first-order valence-electron chi connectivity index (χ1n) is 3.05. The Hall–Kier alpha value is -1.32. The molecule has 0 aliphatic rings. The van der Waals surface area contributed by atoms with Gasteiger partial charge in [0.05, 0.1) is 4.90 Å². The standard InChI is InChI=1S/C7H7FN2OS/c1-2-12(8,11)6-3-4-7(9)10-5-6/h3-5H,1H2,(H2,9,10). The van der Waals surface area contributed by atoms with Gasteiger partial charge in [-0.3, -0.25) is 0 Å². The summed E-state index contributed by atoms with van der Waals surface area (Å²) in [6.45, 7) is 3.00. The Morgan fingerprint density at radius 2 is 2.33 bits per heavy atom. The monoisotopic (exact) mass is 186 g/mol. The van der Waals surface area contributed by atoms with Gasteiger partial charge in [-0.05, 0) is 23.7 Å². The molecule has 12 heavy (non-hydrogen) atoms. The van der Waals surface area contributed by atoms with Crippen molar-refractivity contribution in [3.05, 3.63) is 24.9 Å². The van der Waals surface area contributed by atoms with Crippen molar-refractivity contribution in [2.24, 2.45) is 0 Å². The Bertz CT molecular complexity index is 414. The maximum Gasteiger partial charge on any atom is 0.192 e. The van der Waals surface area contributed by atoms with Crippen LogP contribution < -0.4 is 5.73 Å². The molecule has 64 valence electrons. The summed E-state index contributed by atoms with van der Waals surface area (Å²) >= 11 is 0. The van der Waals surface area contributed by atoms with Crippen LogP contribution in [-0.2, 0) is 9.91 Å². The molecule has 0 aliphatic heterocycles. The molecule has 5 heteroatoms. The second-order valence-corrected chi connectivity index (χ2v) is 3.78. The minimum atomic E-state index is -3.74. The molecule has 1 heterocycles. The van der Waals surface area contributed by atoms with Crippen molar-refractivity contribution in [1.29, 1.82) is 0 Å². The molecule has 0 saturated heterocycles. The van der Waals surface area contributed by atoms with Crippen LogP contribution in [0.2, 0.25) is 0 Å². The lowest BCUT2D eigenvalue weighted by Gasteiger charge is -1.96. The predicted molar refractivity (Wildman–Crippen MR) is 46.8 cm³/mol. The van der Waals surface area contributed by atoms with Crippen molar-refractivity contribution in [2.45, 2.75) is 4.90 Å². The van der Waals surface area contributed by atoms with Gasteiger partial charge in [0.25, 0.3) is 0 Å². The highest BCUT2D eigenvalue weighted by Crippen LogP contribution is 2.11. The maximum atomic E-state index is 13.0. The Balaban J connectivity index is 3.33. The second-order valence-electron chi connectivity index (χ2n) is 2.05. The highest BCUT2D eigenvalue weighted by Gasteiger charge is 2.06. The smallest absolute Gasteiger partial charge is 0.192 e. The van der Waals surface area contributed by atoms with E-state index in [0.717, 1.165) is 6.20 Å². The summed E-state index contributed by atoms with van der Waals surface area (Å²) in [6, 6.07) is 2.66. The molecular formula is C7H7FN2OS. The van der Waals surface area contributed by atoms with Gasteiger partial charge in [0, 0.05) is 6.20 Å². The number of nitrogen functional groups attached to an aromatic ring is 1. The zero-order valence-corrected chi connectivity index (χ0v) is 6.97. The van der Waals surface area contributed by atoms with Gasteiger partial charge in [-0.15, -0.1) is 3.89 Å². The molecule has 0 aliphatic carbocycles. The quantitative estimate of drug-likeness (QED) is 0.521. The molecule has 1 aromatic rings. The summed E-state index contributed by atoms with van der Waals surface area (Å²) in [6.07, 6.45) is 1.11. The number of hydrogen-bond donors (Lipinski definition) is 1. The van der Waals surface area contributed by atoms with Crippen LogP contribution in [0.3, 0.4) is 0 Å². The van der Waals surface area contributed by atoms with Crippen molar-refractivity contribution < 1.29 is 8.09 Å². The number of pyridine rings is 1. The largest absolute Gasteiger partial charge is 0.384 e. The molecule has 1 unspecified atom stereocenters. The first-order chi connectivity index (χ1) is 5.56. The highest BCUT2D eigenvalue weighted by atomic mass is 32.2. The van der Waals surface area contributed by atoms with E-state index in [2.05, 4.69) is 11.6 Å². The van der Waals surface area contributed by atoms with E-state index in [1.54, 1.807) is 0 Å². The Morgan fingerprint density at radius 3 is 2.75 bits per heavy atom. The molecule has 1 rings (SSSR count). The van der Waals surface area contributed by atoms with Gasteiger partial charge in [0.2, 0.25) is 0 Å². The number of rotatable bonds is 1. The molecule has 1 aromatic heterocycles. The maximum absolute atomic E-state index is 13.0. The fraction of sp³-hybridized carbons (Fsp3) is 0. The van der Waals surface area contributed by atoms with E-state index in [1.807, 2.05) is 5.02 Å². The number of nitrogens with two attached hydrogens (primary N) is 1. The van der Waals surface area contributed by atoms with Crippen molar-refractivity contribution >= 4 is 20.7 Å². The van der Waals surface area contributed by atoms with Gasteiger partial charge in [-0.2, -0.15) is 0 Å². The number of hydrogen-bond acceptors (Lipinski definition) is 3. The van der Waals surface area contributed by atoms with E-state index in [0.29, 0.717) is 0 Å². The van der Waals surface area contributed by atoms with Gasteiger partial charge in [-0.1, -0.05) is 0 Å². The highest BCUT2D eigenvalue weighted by molar-refractivity contribution is 7.96. The first-order valence-corrected chi connectivity index (χ1v) is 4.51. The van der Waals surface area contributed by atoms with Crippen LogP contribution in [0.5, 0.6) is 0 Å². The van der Waals surface area contributed by atoms with Gasteiger partial charge in [0.15, 0.2) is 9.91 Å². The van der Waals surface area contributed by atoms with Crippen LogP contribution in [0.15, 0.2) is 29.8 Å². The third-order valence-corrected chi connectivity index (χ3v) is 2.47. The zero-order chi connectivity index (χ0) is 9.19. The molecule has 0 amide bonds. The summed E-state index contributed by atoms with van der Waals surface area (Å²) < 4.78 is 23.9. The molecule has 0 bridgehead atoms. The summed E-state index contributed by atoms with van der Waals surface area (Å²) in [5, 5.41) is 1.81. The molecule has 0 spiro atoms. The summed E-state index contributed by atoms with van der Waals surface area (Å²) in [4.78, 5) is 3.52. The molecule has 0 fully saturated rings. The zero-order valence-electron chi connectivity index (χ0n) is 6.16. The first kappa shape index (κ1) is 8.77. The van der Waals surface area contributed by atoms with Gasteiger partial charge >= 0.3 is 0 Å². The van der Waals surface area contributed by atoms with E-state index in [9.17, 15) is 8.09 Å². The van der Waals surface area contributed by atoms with E-state index < -0.39 is 9.91 Å². The van der Waals surface area contributed by atoms with E-state index in [4.69, 9.17) is 5.73 Å². The molecule has 0 saturated carbocycles. The van der Waals surface area contributed by atoms with E-state index in [-0.39, 0.29) is 10.7 Å². The van der Waals surface area contributed by atoms with Crippen LogP contribution in [0.4, 0.5) is 9.70 Å². The lowest BCUT2D eigenvalue weighted by atomic mass is 10.5. The number of nitrogens with zero attached hydrogens (tertiary/aromatic N) is 1. The lowest BCUT2D eigenvalue weighted by Crippen LogP contribution is -1.95. The van der Waals surface area contributed by atoms with Gasteiger partial charge in [0.1, 0.15) is 5.82 Å². The molecular weight excluding hydrogens is 179 g/mol. The predicted octanol–water partition coefficient (Wildman–Crippen LogP) is 0.779. The van der Waals surface area contributed by atoms with Crippen molar-refractivity contribution in [3.8, 4) is 0 Å². The SMILES string of the molecule is C=C=S(=O)(F)c1ccc(N)nc1. The molecule has 0 radical (unpaired) electrons. The van der Waals surface area contributed by atoms with Crippen molar-refractivity contribution in [1.82, 2.24) is 4.98 Å². The van der Waals surface area contributed by atoms with Crippen molar-refractivity contribution in [3.63, 3.8) is 0 Å². The fourth-order valence-corrected chi connectivity index (χ4v) is 1.23. The molecule has 0 aromatic carbocycles. The number of anilines is 1. The molecule has 3 nitrogen and oxygen atoms in total. The van der Waals surface area contributed by atoms with Crippen LogP contribution in [0.1, 0.15) is 0 Å². The minimum Gasteiger partial charge on any atom is -0.384 e. The average molecular weight is 186 g/mol. The van der Waals surface area contributed by atoms with Gasteiger partial charge < -0.3 is 5.73 Å². The van der Waals surface area contributed by atoms with Crippen LogP contribution in [0.25, 0.3) is 0 Å². The summed E-state index contributed by atoms with van der Waals surface area (Å²) in [7, 11) is -3.74. The Morgan fingerprint density at radius 1 is 1.67 bits per heavy atom. The number of aromatic nitrogens is 1. The van der Waals surface area contributed by atoms with Crippen LogP contribution >= 0.6 is 0 Å². The normalized spacial score (nSPS) is 14.8. The topological polar surface area (TPSA) is 56.0 Å². The second kappa shape index (κ2) is 2.97. The summed E-state index contributed by atoms with van der Waals surface area (Å²) in [5.74, 6) is 0.248. The third kappa shape index (κ3) is 1.64. The van der Waals surface area contributed by atoms with Gasteiger partial charge in [-0.25, -0.2) is 9.19 Å². The van der Waals surface area contributed by atoms with Crippen LogP contribution in [-0.4, -0.2) is 14.2 Å². The fourth-order valence-electron chi connectivity index (χ4n) is 0.630. The number of halogens is 1. The van der Waals surface area contributed by atoms with E-state index >= 15 is 0 Å². The van der Waals surface area contributed by atoms with E-state index in [1.165, 1.54) is 12.1 Å². The minimum absolute atomic E-state index is 0.0632. The lowest BCUT2D eigenvalue weighted by molar-refractivity contribution is 0.645. The van der Waals surface area contributed by atoms with Crippen LogP contribution in [0, 0.1) is 0 Å². The Kier molecular flexibility index (Phi) is 2.17. The average Bonchev–Trinajstić information content (AvgIpc) is 2.05. The third-order valence-electron chi connectivity index (χ3n) is 1.25. The van der Waals surface area contributed by atoms with Crippen molar-refractivity contribution in [2.75, 3.05) is 5.73 Å².